The van der Waals surface area contributed by atoms with Gasteiger partial charge in [-0.25, -0.2) is 0 Å². The molecule has 0 spiro atoms. The summed E-state index contributed by atoms with van der Waals surface area (Å²) < 4.78 is 6.17. The van der Waals surface area contributed by atoms with Gasteiger partial charge in [0.05, 0.1) is 0 Å². The number of nitrogens with zero attached hydrogens (tertiary/aromatic N) is 2. The normalized spacial score (nSPS) is 18.8. The molecule has 27 heavy (non-hydrogen) atoms. The van der Waals surface area contributed by atoms with Crippen LogP contribution >= 0.6 is 11.3 Å². The Morgan fingerprint density at radius 3 is 2.37 bits per heavy atom. The maximum absolute atomic E-state index is 12.4. The lowest BCUT2D eigenvalue weighted by atomic mass is 10.1. The summed E-state index contributed by atoms with van der Waals surface area (Å²) >= 11 is 1.89. The van der Waals surface area contributed by atoms with Crippen LogP contribution in [0.5, 0.6) is 5.75 Å². The topological polar surface area (TPSA) is 32.8 Å². The van der Waals surface area contributed by atoms with Crippen molar-refractivity contribution in [1.29, 1.82) is 0 Å². The minimum atomic E-state index is 0.149. The van der Waals surface area contributed by atoms with Gasteiger partial charge >= 0.3 is 0 Å². The number of piperidine rings is 1. The molecule has 1 aromatic carbocycles. The molecule has 2 saturated heterocycles. The second kappa shape index (κ2) is 8.44. The van der Waals surface area contributed by atoms with Crippen molar-refractivity contribution in [3.63, 3.8) is 0 Å². The van der Waals surface area contributed by atoms with Crippen LogP contribution in [-0.2, 0) is 6.54 Å². The smallest absolute Gasteiger partial charge is 0.253 e. The zero-order valence-electron chi connectivity index (χ0n) is 16.0. The monoisotopic (exact) mass is 384 g/mol. The number of aryl methyl sites for hydroxylation is 1. The lowest BCUT2D eigenvalue weighted by molar-refractivity contribution is 0.0792. The van der Waals surface area contributed by atoms with E-state index in [4.69, 9.17) is 4.74 Å². The third-order valence-electron chi connectivity index (χ3n) is 5.51. The number of carbonyl (C=O) groups excluding carboxylic acids is 1. The van der Waals surface area contributed by atoms with Gasteiger partial charge in [0, 0.05) is 48.0 Å². The molecule has 1 aromatic heterocycles. The molecule has 4 nitrogen and oxygen atoms in total. The quantitative estimate of drug-likeness (QED) is 0.769. The molecule has 0 atom stereocenters. The molecule has 0 saturated carbocycles. The Bertz CT molecular complexity index is 757. The Hall–Kier alpha value is -1.85. The van der Waals surface area contributed by atoms with Crippen LogP contribution in [0.2, 0.25) is 0 Å². The highest BCUT2D eigenvalue weighted by Gasteiger charge is 2.22. The number of rotatable bonds is 5. The summed E-state index contributed by atoms with van der Waals surface area (Å²) in [6.07, 6.45) is 4.62. The van der Waals surface area contributed by atoms with E-state index in [0.29, 0.717) is 0 Å². The predicted molar refractivity (Wildman–Crippen MR) is 110 cm³/mol. The second-order valence-corrected chi connectivity index (χ2v) is 9.00. The maximum Gasteiger partial charge on any atom is 0.253 e. The minimum Gasteiger partial charge on any atom is -0.490 e. The van der Waals surface area contributed by atoms with Gasteiger partial charge in [0.15, 0.2) is 0 Å². The highest BCUT2D eigenvalue weighted by molar-refractivity contribution is 7.11. The van der Waals surface area contributed by atoms with Crippen molar-refractivity contribution in [3.05, 3.63) is 51.7 Å². The average Bonchev–Trinajstić information content (AvgIpc) is 3.35. The number of amides is 1. The summed E-state index contributed by atoms with van der Waals surface area (Å²) in [5, 5.41) is 0. The van der Waals surface area contributed by atoms with Crippen LogP contribution < -0.4 is 4.74 Å². The van der Waals surface area contributed by atoms with E-state index in [1.54, 1.807) is 0 Å². The Morgan fingerprint density at radius 1 is 1.04 bits per heavy atom. The second-order valence-electron chi connectivity index (χ2n) is 7.63. The van der Waals surface area contributed by atoms with Gasteiger partial charge < -0.3 is 9.64 Å². The van der Waals surface area contributed by atoms with Gasteiger partial charge in [0.25, 0.3) is 5.91 Å². The summed E-state index contributed by atoms with van der Waals surface area (Å²) in [5.41, 5.74) is 0.769. The predicted octanol–water partition coefficient (Wildman–Crippen LogP) is 4.34. The molecule has 3 heterocycles. The number of thiophene rings is 1. The van der Waals surface area contributed by atoms with Crippen molar-refractivity contribution < 1.29 is 9.53 Å². The molecule has 2 aromatic rings. The van der Waals surface area contributed by atoms with Gasteiger partial charge in [-0.15, -0.1) is 11.3 Å². The zero-order chi connectivity index (χ0) is 18.6. The molecule has 4 rings (SSSR count). The zero-order valence-corrected chi connectivity index (χ0v) is 16.8. The van der Waals surface area contributed by atoms with E-state index in [2.05, 4.69) is 24.0 Å². The van der Waals surface area contributed by atoms with Crippen LogP contribution in [0.25, 0.3) is 0 Å². The van der Waals surface area contributed by atoms with Crippen molar-refractivity contribution in [2.24, 2.45) is 0 Å². The molecule has 144 valence electrons. The van der Waals surface area contributed by atoms with E-state index < -0.39 is 0 Å². The van der Waals surface area contributed by atoms with E-state index in [9.17, 15) is 4.79 Å². The molecule has 2 fully saturated rings. The van der Waals surface area contributed by atoms with Gasteiger partial charge in [-0.3, -0.25) is 9.69 Å². The van der Waals surface area contributed by atoms with Crippen LogP contribution in [0.15, 0.2) is 36.4 Å². The Balaban J connectivity index is 1.25. The molecule has 5 heteroatoms. The van der Waals surface area contributed by atoms with E-state index >= 15 is 0 Å². The molecule has 0 aliphatic carbocycles. The van der Waals surface area contributed by atoms with Crippen LogP contribution in [0.3, 0.4) is 0 Å². The summed E-state index contributed by atoms with van der Waals surface area (Å²) in [7, 11) is 0. The summed E-state index contributed by atoms with van der Waals surface area (Å²) in [6, 6.07) is 12.2. The Labute approximate surface area is 165 Å². The molecule has 0 radical (unpaired) electrons. The number of hydrogen-bond donors (Lipinski definition) is 0. The number of hydrogen-bond acceptors (Lipinski definition) is 4. The van der Waals surface area contributed by atoms with Gasteiger partial charge in [-0.2, -0.15) is 0 Å². The van der Waals surface area contributed by atoms with Crippen LogP contribution in [0.1, 0.15) is 45.8 Å². The molecular formula is C22H28N2O2S. The Morgan fingerprint density at radius 2 is 1.74 bits per heavy atom. The molecule has 0 unspecified atom stereocenters. The fourth-order valence-corrected chi connectivity index (χ4v) is 4.88. The number of ether oxygens (including phenoxy) is 1. The van der Waals surface area contributed by atoms with E-state index in [1.807, 2.05) is 40.5 Å². The van der Waals surface area contributed by atoms with Crippen LogP contribution in [0, 0.1) is 6.92 Å². The SMILES string of the molecule is Cc1ccc(CN2CCC(Oc3ccc(C(=O)N4CCCC4)cc3)CC2)s1. The van der Waals surface area contributed by atoms with Crippen molar-refractivity contribution in [1.82, 2.24) is 9.80 Å². The van der Waals surface area contributed by atoms with E-state index in [-0.39, 0.29) is 12.0 Å². The first kappa shape index (κ1) is 18.5. The molecule has 1 amide bonds. The number of benzene rings is 1. The van der Waals surface area contributed by atoms with Gasteiger partial charge in [-0.1, -0.05) is 0 Å². The highest BCUT2D eigenvalue weighted by Crippen LogP contribution is 2.23. The van der Waals surface area contributed by atoms with E-state index in [1.165, 1.54) is 9.75 Å². The molecule has 0 N–H and O–H groups in total. The standard InChI is InChI=1S/C22H28N2O2S/c1-17-4-9-21(27-17)16-23-14-10-20(11-15-23)26-19-7-5-18(6-8-19)22(25)24-12-2-3-13-24/h4-9,20H,2-3,10-16H2,1H3. The first-order chi connectivity index (χ1) is 13.2. The maximum atomic E-state index is 12.4. The van der Waals surface area contributed by atoms with Gasteiger partial charge in [0.2, 0.25) is 0 Å². The Kier molecular flexibility index (Phi) is 5.79. The number of carbonyl (C=O) groups is 1. The van der Waals surface area contributed by atoms with Gasteiger partial charge in [-0.05, 0) is 69.0 Å². The third-order valence-corrected chi connectivity index (χ3v) is 6.49. The van der Waals surface area contributed by atoms with E-state index in [0.717, 1.165) is 69.7 Å². The average molecular weight is 385 g/mol. The summed E-state index contributed by atoms with van der Waals surface area (Å²) in [4.78, 5) is 19.7. The summed E-state index contributed by atoms with van der Waals surface area (Å²) in [6.45, 7) is 7.15. The highest BCUT2D eigenvalue weighted by atomic mass is 32.1. The lowest BCUT2D eigenvalue weighted by Crippen LogP contribution is -2.37. The first-order valence-electron chi connectivity index (χ1n) is 10.0. The largest absolute Gasteiger partial charge is 0.490 e. The van der Waals surface area contributed by atoms with Crippen molar-refractivity contribution in [2.45, 2.75) is 45.3 Å². The number of likely N-dealkylation sites (tertiary alicyclic amines) is 2. The van der Waals surface area contributed by atoms with Crippen molar-refractivity contribution >= 4 is 17.2 Å². The van der Waals surface area contributed by atoms with Crippen molar-refractivity contribution in [3.8, 4) is 5.75 Å². The molecule has 2 aliphatic rings. The van der Waals surface area contributed by atoms with Crippen molar-refractivity contribution in [2.75, 3.05) is 26.2 Å². The molecule has 0 bridgehead atoms. The van der Waals surface area contributed by atoms with Crippen LogP contribution in [0.4, 0.5) is 0 Å². The fraction of sp³-hybridized carbons (Fsp3) is 0.500. The third kappa shape index (κ3) is 4.71. The first-order valence-corrected chi connectivity index (χ1v) is 10.8. The van der Waals surface area contributed by atoms with Gasteiger partial charge in [0.1, 0.15) is 11.9 Å². The fourth-order valence-electron chi connectivity index (χ4n) is 3.95. The molecular weight excluding hydrogens is 356 g/mol. The minimum absolute atomic E-state index is 0.149. The lowest BCUT2D eigenvalue weighted by Gasteiger charge is -2.31. The van der Waals surface area contributed by atoms with Crippen LogP contribution in [-0.4, -0.2) is 48.0 Å². The molecule has 2 aliphatic heterocycles. The summed E-state index contributed by atoms with van der Waals surface area (Å²) in [5.74, 6) is 1.02.